The highest BCUT2D eigenvalue weighted by atomic mass is 32.2. The first kappa shape index (κ1) is 19.7. The van der Waals surface area contributed by atoms with Crippen LogP contribution in [0.1, 0.15) is 25.3 Å². The van der Waals surface area contributed by atoms with E-state index in [-0.39, 0.29) is 17.1 Å². The maximum absolute atomic E-state index is 12.3. The molecule has 1 N–H and O–H groups in total. The molecule has 146 valence electrons. The molecule has 0 saturated carbocycles. The Morgan fingerprint density at radius 1 is 1.11 bits per heavy atom. The molecular formula is C19H21N5O3S. The van der Waals surface area contributed by atoms with Gasteiger partial charge in [0, 0.05) is 11.8 Å². The van der Waals surface area contributed by atoms with Crippen LogP contribution in [0.5, 0.6) is 0 Å². The normalized spacial score (nSPS) is 11.6. The van der Waals surface area contributed by atoms with E-state index in [9.17, 15) is 13.2 Å². The summed E-state index contributed by atoms with van der Waals surface area (Å²) in [6, 6.07) is 14.1. The molecule has 2 aromatic carbocycles. The van der Waals surface area contributed by atoms with Crippen molar-refractivity contribution in [1.29, 1.82) is 0 Å². The highest BCUT2D eigenvalue weighted by molar-refractivity contribution is 7.90. The van der Waals surface area contributed by atoms with E-state index in [1.807, 2.05) is 24.3 Å². The van der Waals surface area contributed by atoms with E-state index in [2.05, 4.69) is 34.6 Å². The fourth-order valence-electron chi connectivity index (χ4n) is 2.65. The summed E-state index contributed by atoms with van der Waals surface area (Å²) in [6.45, 7) is 4.04. The monoisotopic (exact) mass is 399 g/mol. The number of carbonyl (C=O) groups excluding carboxylic acids is 1. The molecule has 0 unspecified atom stereocenters. The van der Waals surface area contributed by atoms with Crippen LogP contribution in [0.25, 0.3) is 11.4 Å². The van der Waals surface area contributed by atoms with Gasteiger partial charge in [0.05, 0.1) is 10.6 Å². The Hall–Kier alpha value is -3.07. The molecular weight excluding hydrogens is 378 g/mol. The molecule has 3 aromatic rings. The van der Waals surface area contributed by atoms with Crippen LogP contribution in [-0.2, 0) is 21.2 Å². The van der Waals surface area contributed by atoms with Gasteiger partial charge in [-0.15, -0.1) is 10.2 Å². The van der Waals surface area contributed by atoms with Gasteiger partial charge in [0.1, 0.15) is 6.54 Å². The summed E-state index contributed by atoms with van der Waals surface area (Å²) in [6.07, 6.45) is 1.09. The number of aromatic nitrogens is 4. The van der Waals surface area contributed by atoms with Crippen molar-refractivity contribution in [3.8, 4) is 11.4 Å². The van der Waals surface area contributed by atoms with Crippen molar-refractivity contribution in [2.75, 3.05) is 11.6 Å². The van der Waals surface area contributed by atoms with E-state index in [0.29, 0.717) is 11.7 Å². The number of hydrogen-bond donors (Lipinski definition) is 1. The lowest BCUT2D eigenvalue weighted by Crippen LogP contribution is -2.21. The third kappa shape index (κ3) is 4.61. The Balaban J connectivity index is 1.71. The Morgan fingerprint density at radius 3 is 2.43 bits per heavy atom. The summed E-state index contributed by atoms with van der Waals surface area (Å²) in [5.41, 5.74) is 2.23. The number of amides is 1. The molecule has 1 aromatic heterocycles. The number of anilines is 1. The second-order valence-electron chi connectivity index (χ2n) is 6.74. The minimum Gasteiger partial charge on any atom is -0.323 e. The molecule has 0 fully saturated rings. The van der Waals surface area contributed by atoms with Gasteiger partial charge in [-0.25, -0.2) is 8.42 Å². The number of rotatable bonds is 6. The van der Waals surface area contributed by atoms with Gasteiger partial charge in [-0.3, -0.25) is 4.79 Å². The number of tetrazole rings is 1. The maximum Gasteiger partial charge on any atom is 0.248 e. The molecule has 0 atom stereocenters. The first-order chi connectivity index (χ1) is 13.2. The van der Waals surface area contributed by atoms with Crippen LogP contribution in [0.4, 0.5) is 5.69 Å². The molecule has 0 radical (unpaired) electrons. The summed E-state index contributed by atoms with van der Waals surface area (Å²) >= 11 is 0. The zero-order chi connectivity index (χ0) is 20.3. The van der Waals surface area contributed by atoms with E-state index < -0.39 is 15.7 Å². The maximum atomic E-state index is 12.3. The number of benzene rings is 2. The quantitative estimate of drug-likeness (QED) is 0.682. The van der Waals surface area contributed by atoms with Gasteiger partial charge < -0.3 is 5.32 Å². The average Bonchev–Trinajstić information content (AvgIpc) is 3.09. The summed E-state index contributed by atoms with van der Waals surface area (Å²) in [7, 11) is -3.46. The Kier molecular flexibility index (Phi) is 5.55. The van der Waals surface area contributed by atoms with Gasteiger partial charge in [-0.2, -0.15) is 4.80 Å². The van der Waals surface area contributed by atoms with Crippen molar-refractivity contribution in [1.82, 2.24) is 20.2 Å². The third-order valence-electron chi connectivity index (χ3n) is 4.13. The largest absolute Gasteiger partial charge is 0.323 e. The van der Waals surface area contributed by atoms with Crippen molar-refractivity contribution >= 4 is 21.4 Å². The second kappa shape index (κ2) is 7.89. The zero-order valence-electron chi connectivity index (χ0n) is 15.8. The third-order valence-corrected chi connectivity index (χ3v) is 5.29. The van der Waals surface area contributed by atoms with Gasteiger partial charge in [-0.05, 0) is 28.8 Å². The van der Waals surface area contributed by atoms with Gasteiger partial charge >= 0.3 is 0 Å². The highest BCUT2D eigenvalue weighted by Crippen LogP contribution is 2.21. The minimum atomic E-state index is -3.46. The fraction of sp³-hybridized carbons (Fsp3) is 0.263. The Labute approximate surface area is 163 Å². The molecule has 28 heavy (non-hydrogen) atoms. The number of hydrogen-bond acceptors (Lipinski definition) is 6. The molecule has 0 aliphatic heterocycles. The lowest BCUT2D eigenvalue weighted by molar-refractivity contribution is -0.117. The van der Waals surface area contributed by atoms with Crippen molar-refractivity contribution < 1.29 is 13.2 Å². The lowest BCUT2D eigenvalue weighted by atomic mass is 10.0. The Morgan fingerprint density at radius 2 is 1.79 bits per heavy atom. The van der Waals surface area contributed by atoms with Crippen LogP contribution in [0.3, 0.4) is 0 Å². The fourth-order valence-corrected chi connectivity index (χ4v) is 3.50. The van der Waals surface area contributed by atoms with Crippen molar-refractivity contribution in [3.05, 3.63) is 54.1 Å². The Bertz CT molecular complexity index is 1090. The molecule has 9 heteroatoms. The van der Waals surface area contributed by atoms with E-state index in [1.54, 1.807) is 12.1 Å². The summed E-state index contributed by atoms with van der Waals surface area (Å²) in [5.74, 6) is 0.394. The van der Waals surface area contributed by atoms with Crippen LogP contribution in [0.2, 0.25) is 0 Å². The smallest absolute Gasteiger partial charge is 0.248 e. The molecule has 3 rings (SSSR count). The van der Waals surface area contributed by atoms with Gasteiger partial charge in [0.25, 0.3) is 0 Å². The molecule has 1 amide bonds. The predicted octanol–water partition coefficient (Wildman–Crippen LogP) is 2.51. The SMILES string of the molecule is CC(C)c1ccc(-c2nnn(CC(=O)Nc3ccccc3S(C)(=O)=O)n2)cc1. The van der Waals surface area contributed by atoms with Crippen molar-refractivity contribution in [2.45, 2.75) is 31.2 Å². The van der Waals surface area contributed by atoms with Gasteiger partial charge in [-0.1, -0.05) is 50.2 Å². The lowest BCUT2D eigenvalue weighted by Gasteiger charge is -2.09. The van der Waals surface area contributed by atoms with Crippen LogP contribution in [0.15, 0.2) is 53.4 Å². The van der Waals surface area contributed by atoms with Crippen molar-refractivity contribution in [2.24, 2.45) is 0 Å². The van der Waals surface area contributed by atoms with E-state index in [0.717, 1.165) is 11.8 Å². The molecule has 0 aliphatic rings. The van der Waals surface area contributed by atoms with Gasteiger partial charge in [0.15, 0.2) is 9.84 Å². The highest BCUT2D eigenvalue weighted by Gasteiger charge is 2.16. The standard InChI is InChI=1S/C19H21N5O3S/c1-13(2)14-8-10-15(11-9-14)19-21-23-24(22-19)12-18(25)20-16-6-4-5-7-17(16)28(3,26)27/h4-11,13H,12H2,1-3H3,(H,20,25). The first-order valence-corrected chi connectivity index (χ1v) is 10.6. The number of nitrogens with one attached hydrogen (secondary N) is 1. The van der Waals surface area contributed by atoms with E-state index >= 15 is 0 Å². The number of para-hydroxylation sites is 1. The first-order valence-electron chi connectivity index (χ1n) is 8.71. The predicted molar refractivity (Wildman–Crippen MR) is 106 cm³/mol. The molecule has 0 spiro atoms. The van der Waals surface area contributed by atoms with Crippen LogP contribution < -0.4 is 5.32 Å². The summed E-state index contributed by atoms with van der Waals surface area (Å²) in [5, 5.41) is 14.7. The summed E-state index contributed by atoms with van der Waals surface area (Å²) in [4.78, 5) is 13.5. The topological polar surface area (TPSA) is 107 Å². The number of nitrogens with zero attached hydrogens (tertiary/aromatic N) is 4. The average molecular weight is 399 g/mol. The summed E-state index contributed by atoms with van der Waals surface area (Å²) < 4.78 is 23.7. The van der Waals surface area contributed by atoms with E-state index in [4.69, 9.17) is 0 Å². The number of sulfone groups is 1. The minimum absolute atomic E-state index is 0.0563. The molecule has 0 bridgehead atoms. The van der Waals surface area contributed by atoms with Crippen LogP contribution >= 0.6 is 0 Å². The molecule has 0 saturated heterocycles. The van der Waals surface area contributed by atoms with Gasteiger partial charge in [0.2, 0.25) is 11.7 Å². The molecule has 1 heterocycles. The second-order valence-corrected chi connectivity index (χ2v) is 8.72. The zero-order valence-corrected chi connectivity index (χ0v) is 16.6. The van der Waals surface area contributed by atoms with Crippen LogP contribution in [-0.4, -0.2) is 40.8 Å². The van der Waals surface area contributed by atoms with Crippen LogP contribution in [0, 0.1) is 0 Å². The molecule has 0 aliphatic carbocycles. The van der Waals surface area contributed by atoms with E-state index in [1.165, 1.54) is 22.5 Å². The molecule has 8 nitrogen and oxygen atoms in total. The number of carbonyl (C=O) groups is 1. The van der Waals surface area contributed by atoms with Crippen molar-refractivity contribution in [3.63, 3.8) is 0 Å².